The molecule has 2 N–H and O–H groups in total. The van der Waals surface area contributed by atoms with E-state index in [9.17, 15) is 5.11 Å². The molecular formula is C13H29NOS. The molecule has 0 spiro atoms. The Bertz CT molecular complexity index is 162. The third-order valence-corrected chi connectivity index (χ3v) is 4.55. The van der Waals surface area contributed by atoms with Crippen molar-refractivity contribution >= 4 is 11.8 Å². The van der Waals surface area contributed by atoms with E-state index in [0.29, 0.717) is 17.3 Å². The molecule has 2 nitrogen and oxygen atoms in total. The highest BCUT2D eigenvalue weighted by Gasteiger charge is 2.21. The molecule has 0 aliphatic rings. The molecule has 0 saturated carbocycles. The normalized spacial score (nSPS) is 19.1. The van der Waals surface area contributed by atoms with Crippen LogP contribution in [0.1, 0.15) is 47.0 Å². The molecule has 0 rings (SSSR count). The van der Waals surface area contributed by atoms with E-state index in [1.165, 1.54) is 12.8 Å². The Morgan fingerprint density at radius 1 is 1.25 bits per heavy atom. The van der Waals surface area contributed by atoms with E-state index in [2.05, 4.69) is 39.3 Å². The Morgan fingerprint density at radius 3 is 2.25 bits per heavy atom. The van der Waals surface area contributed by atoms with Crippen molar-refractivity contribution in [3.8, 4) is 0 Å². The molecule has 0 fully saturated rings. The molecule has 0 aromatic heterocycles. The van der Waals surface area contributed by atoms with Gasteiger partial charge in [0.25, 0.3) is 0 Å². The summed E-state index contributed by atoms with van der Waals surface area (Å²) in [5.74, 6) is 0.721. The van der Waals surface area contributed by atoms with Crippen LogP contribution in [0.3, 0.4) is 0 Å². The molecule has 4 unspecified atom stereocenters. The Morgan fingerprint density at radius 2 is 1.88 bits per heavy atom. The van der Waals surface area contributed by atoms with Crippen LogP contribution in [0.2, 0.25) is 0 Å². The maximum Gasteiger partial charge on any atom is 0.0564 e. The minimum absolute atomic E-state index is 0.258. The van der Waals surface area contributed by atoms with Gasteiger partial charge in [0.15, 0.2) is 0 Å². The number of aliphatic hydroxyl groups excluding tert-OH is 1. The molecule has 0 saturated heterocycles. The first-order valence-electron chi connectivity index (χ1n) is 6.50. The van der Waals surface area contributed by atoms with Gasteiger partial charge in [-0.2, -0.15) is 11.8 Å². The van der Waals surface area contributed by atoms with Gasteiger partial charge in [0, 0.05) is 17.3 Å². The highest BCUT2D eigenvalue weighted by molar-refractivity contribution is 7.99. The molecule has 0 amide bonds. The number of rotatable bonds is 9. The van der Waals surface area contributed by atoms with E-state index in [-0.39, 0.29) is 6.61 Å². The quantitative estimate of drug-likeness (QED) is 0.657. The van der Waals surface area contributed by atoms with Crippen molar-refractivity contribution < 1.29 is 5.11 Å². The second-order valence-corrected chi connectivity index (χ2v) is 5.77. The smallest absolute Gasteiger partial charge is 0.0564 e. The lowest BCUT2D eigenvalue weighted by Crippen LogP contribution is -2.46. The number of aliphatic hydroxyl groups is 1. The van der Waals surface area contributed by atoms with E-state index in [0.717, 1.165) is 12.3 Å². The van der Waals surface area contributed by atoms with E-state index in [1.807, 2.05) is 0 Å². The fourth-order valence-electron chi connectivity index (χ4n) is 2.22. The van der Waals surface area contributed by atoms with Crippen molar-refractivity contribution in [3.63, 3.8) is 0 Å². The first kappa shape index (κ1) is 16.3. The van der Waals surface area contributed by atoms with Gasteiger partial charge in [-0.05, 0) is 31.9 Å². The minimum Gasteiger partial charge on any atom is -0.395 e. The van der Waals surface area contributed by atoms with Gasteiger partial charge in [-0.1, -0.05) is 27.2 Å². The Kier molecular flexibility index (Phi) is 9.47. The lowest BCUT2D eigenvalue weighted by Gasteiger charge is -2.30. The van der Waals surface area contributed by atoms with Crippen LogP contribution in [0.25, 0.3) is 0 Å². The average Bonchev–Trinajstić information content (AvgIpc) is 2.27. The summed E-state index contributed by atoms with van der Waals surface area (Å²) >= 11 is 1.74. The minimum atomic E-state index is 0.258. The van der Waals surface area contributed by atoms with Gasteiger partial charge in [0.1, 0.15) is 0 Å². The van der Waals surface area contributed by atoms with Crippen LogP contribution in [-0.2, 0) is 0 Å². The van der Waals surface area contributed by atoms with E-state index < -0.39 is 0 Å². The van der Waals surface area contributed by atoms with Crippen molar-refractivity contribution in [3.05, 3.63) is 0 Å². The molecule has 0 bridgehead atoms. The van der Waals surface area contributed by atoms with E-state index in [4.69, 9.17) is 0 Å². The molecule has 0 aliphatic carbocycles. The predicted molar refractivity (Wildman–Crippen MR) is 75.1 cm³/mol. The maximum atomic E-state index is 9.26. The number of hydrogen-bond acceptors (Lipinski definition) is 3. The van der Waals surface area contributed by atoms with Gasteiger partial charge in [0.05, 0.1) is 6.61 Å². The van der Waals surface area contributed by atoms with Gasteiger partial charge in [-0.25, -0.2) is 0 Å². The average molecular weight is 247 g/mol. The SMILES string of the molecule is CCCC(C)C(CC)NC(C)C(CO)SC. The van der Waals surface area contributed by atoms with Crippen LogP contribution in [-0.4, -0.2) is 35.3 Å². The highest BCUT2D eigenvalue weighted by Crippen LogP contribution is 2.17. The van der Waals surface area contributed by atoms with Crippen molar-refractivity contribution in [2.24, 2.45) is 5.92 Å². The molecule has 0 aromatic carbocycles. The summed E-state index contributed by atoms with van der Waals surface area (Å²) in [6.45, 7) is 9.24. The lowest BCUT2D eigenvalue weighted by molar-refractivity contribution is 0.254. The molecule has 0 radical (unpaired) electrons. The summed E-state index contributed by atoms with van der Waals surface area (Å²) in [6.07, 6.45) is 5.76. The Balaban J connectivity index is 4.19. The molecule has 98 valence electrons. The zero-order chi connectivity index (χ0) is 12.6. The van der Waals surface area contributed by atoms with Crippen molar-refractivity contribution in [1.29, 1.82) is 0 Å². The summed E-state index contributed by atoms with van der Waals surface area (Å²) in [5, 5.41) is 13.2. The Hall–Kier alpha value is 0.270. The fraction of sp³-hybridized carbons (Fsp3) is 1.00. The second kappa shape index (κ2) is 9.32. The molecular weight excluding hydrogens is 218 g/mol. The molecule has 0 heterocycles. The number of thioether (sulfide) groups is 1. The Labute approximate surface area is 106 Å². The summed E-state index contributed by atoms with van der Waals surface area (Å²) in [5.41, 5.74) is 0. The summed E-state index contributed by atoms with van der Waals surface area (Å²) < 4.78 is 0. The zero-order valence-electron chi connectivity index (χ0n) is 11.5. The maximum absolute atomic E-state index is 9.26. The van der Waals surface area contributed by atoms with Crippen LogP contribution in [0.5, 0.6) is 0 Å². The topological polar surface area (TPSA) is 32.3 Å². The van der Waals surface area contributed by atoms with Crippen LogP contribution in [0, 0.1) is 5.92 Å². The summed E-state index contributed by atoms with van der Waals surface area (Å²) in [4.78, 5) is 0. The lowest BCUT2D eigenvalue weighted by atomic mass is 9.94. The first-order valence-corrected chi connectivity index (χ1v) is 7.79. The second-order valence-electron chi connectivity index (χ2n) is 4.69. The molecule has 4 atom stereocenters. The van der Waals surface area contributed by atoms with Gasteiger partial charge in [-0.15, -0.1) is 0 Å². The van der Waals surface area contributed by atoms with E-state index >= 15 is 0 Å². The van der Waals surface area contributed by atoms with Crippen LogP contribution >= 0.6 is 11.8 Å². The predicted octanol–water partition coefficient (Wildman–Crippen LogP) is 2.90. The molecule has 0 aliphatic heterocycles. The highest BCUT2D eigenvalue weighted by atomic mass is 32.2. The van der Waals surface area contributed by atoms with Crippen molar-refractivity contribution in [1.82, 2.24) is 5.32 Å². The van der Waals surface area contributed by atoms with Crippen LogP contribution in [0.4, 0.5) is 0 Å². The van der Waals surface area contributed by atoms with E-state index in [1.54, 1.807) is 11.8 Å². The van der Waals surface area contributed by atoms with Gasteiger partial charge >= 0.3 is 0 Å². The van der Waals surface area contributed by atoms with Crippen molar-refractivity contribution in [2.45, 2.75) is 64.3 Å². The molecule has 0 aromatic rings. The van der Waals surface area contributed by atoms with Crippen molar-refractivity contribution in [2.75, 3.05) is 12.9 Å². The third-order valence-electron chi connectivity index (χ3n) is 3.39. The van der Waals surface area contributed by atoms with Gasteiger partial charge in [0.2, 0.25) is 0 Å². The largest absolute Gasteiger partial charge is 0.395 e. The monoisotopic (exact) mass is 247 g/mol. The van der Waals surface area contributed by atoms with Gasteiger partial charge in [-0.3, -0.25) is 0 Å². The summed E-state index contributed by atoms with van der Waals surface area (Å²) in [6, 6.07) is 0.959. The summed E-state index contributed by atoms with van der Waals surface area (Å²) in [7, 11) is 0. The standard InChI is InChI=1S/C13H29NOS/c1-6-8-10(3)12(7-2)14-11(4)13(9-15)16-5/h10-15H,6-9H2,1-5H3. The third kappa shape index (κ3) is 5.55. The number of hydrogen-bond donors (Lipinski definition) is 2. The van der Waals surface area contributed by atoms with Gasteiger partial charge < -0.3 is 10.4 Å². The number of nitrogens with one attached hydrogen (secondary N) is 1. The molecule has 16 heavy (non-hydrogen) atoms. The zero-order valence-corrected chi connectivity index (χ0v) is 12.3. The molecule has 3 heteroatoms. The van der Waals surface area contributed by atoms with Crippen LogP contribution in [0.15, 0.2) is 0 Å². The first-order chi connectivity index (χ1) is 7.60. The van der Waals surface area contributed by atoms with Crippen LogP contribution < -0.4 is 5.32 Å². The fourth-order valence-corrected chi connectivity index (χ4v) is 2.86.